The molecule has 0 saturated carbocycles. The van der Waals surface area contributed by atoms with Crippen LogP contribution in [0.1, 0.15) is 47.9 Å². The highest BCUT2D eigenvalue weighted by Gasteiger charge is 2.22. The molecule has 23 heavy (non-hydrogen) atoms. The van der Waals surface area contributed by atoms with E-state index in [1.807, 2.05) is 19.1 Å². The largest absolute Gasteiger partial charge is 0.371 e. The van der Waals surface area contributed by atoms with Crippen molar-refractivity contribution in [1.82, 2.24) is 9.97 Å². The summed E-state index contributed by atoms with van der Waals surface area (Å²) in [6.45, 7) is 2.38. The van der Waals surface area contributed by atoms with Gasteiger partial charge in [0.2, 0.25) is 0 Å². The molecule has 2 aromatic rings. The second-order valence-corrected chi connectivity index (χ2v) is 4.86. The number of H-pyrrole nitrogens is 1. The monoisotopic (exact) mass is 305 g/mol. The molecule has 2 rings (SSSR count). The summed E-state index contributed by atoms with van der Waals surface area (Å²) < 4.78 is 5.68. The van der Waals surface area contributed by atoms with Crippen molar-refractivity contribution >= 4 is 0 Å². The molecule has 0 bridgehead atoms. The molecule has 0 aliphatic rings. The van der Waals surface area contributed by atoms with Crippen LogP contribution in [0.25, 0.3) is 0 Å². The fraction of sp³-hybridized carbons (Fsp3) is 0.294. The highest BCUT2D eigenvalue weighted by Crippen LogP contribution is 2.30. The van der Waals surface area contributed by atoms with Crippen LogP contribution in [0.5, 0.6) is 0 Å². The number of hydrogen-bond acceptors (Lipinski definition) is 5. The Hall–Kier alpha value is -3.14. The van der Waals surface area contributed by atoms with Gasteiger partial charge in [-0.05, 0) is 24.6 Å². The maximum Gasteiger partial charge on any atom is 0.135 e. The van der Waals surface area contributed by atoms with Crippen LogP contribution in [0.2, 0.25) is 0 Å². The van der Waals surface area contributed by atoms with E-state index in [0.717, 1.165) is 0 Å². The fourth-order valence-electron chi connectivity index (χ4n) is 2.36. The number of aromatic nitrogens is 2. The van der Waals surface area contributed by atoms with Crippen LogP contribution < -0.4 is 0 Å². The number of nitriles is 3. The van der Waals surface area contributed by atoms with Crippen LogP contribution in [-0.4, -0.2) is 16.6 Å². The topological polar surface area (TPSA) is 109 Å². The Balaban J connectivity index is 2.28. The van der Waals surface area contributed by atoms with Crippen LogP contribution in [0.15, 0.2) is 30.6 Å². The maximum atomic E-state index is 9.50. The third kappa shape index (κ3) is 3.74. The van der Waals surface area contributed by atoms with E-state index in [9.17, 15) is 5.26 Å². The van der Waals surface area contributed by atoms with Gasteiger partial charge in [0.1, 0.15) is 24.1 Å². The van der Waals surface area contributed by atoms with E-state index in [1.54, 1.807) is 30.6 Å². The van der Waals surface area contributed by atoms with E-state index < -0.39 is 5.92 Å². The molecule has 0 saturated heterocycles. The highest BCUT2D eigenvalue weighted by molar-refractivity contribution is 5.48. The molecular formula is C17H15N5O. The first-order valence-electron chi connectivity index (χ1n) is 7.18. The Labute approximate surface area is 134 Å². The lowest BCUT2D eigenvalue weighted by Crippen LogP contribution is -2.11. The molecule has 1 N–H and O–H groups in total. The first-order chi connectivity index (χ1) is 11.2. The summed E-state index contributed by atoms with van der Waals surface area (Å²) >= 11 is 0. The number of hydrogen-bond donors (Lipinski definition) is 1. The average molecular weight is 305 g/mol. The molecule has 1 aromatic heterocycles. The predicted molar refractivity (Wildman–Crippen MR) is 81.8 cm³/mol. The van der Waals surface area contributed by atoms with Gasteiger partial charge in [-0.25, -0.2) is 4.98 Å². The second-order valence-electron chi connectivity index (χ2n) is 4.86. The molecule has 0 fully saturated rings. The van der Waals surface area contributed by atoms with Gasteiger partial charge in [0.15, 0.2) is 0 Å². The highest BCUT2D eigenvalue weighted by atomic mass is 16.5. The molecule has 2 unspecified atom stereocenters. The van der Waals surface area contributed by atoms with Gasteiger partial charge >= 0.3 is 0 Å². The first-order valence-corrected chi connectivity index (χ1v) is 7.18. The van der Waals surface area contributed by atoms with Crippen LogP contribution in [0.3, 0.4) is 0 Å². The summed E-state index contributed by atoms with van der Waals surface area (Å²) in [5.41, 5.74) is 1.27. The summed E-state index contributed by atoms with van der Waals surface area (Å²) in [6.07, 6.45) is 3.42. The third-order valence-corrected chi connectivity index (χ3v) is 3.48. The van der Waals surface area contributed by atoms with Gasteiger partial charge in [-0.2, -0.15) is 15.8 Å². The number of nitrogens with zero attached hydrogens (tertiary/aromatic N) is 4. The van der Waals surface area contributed by atoms with Gasteiger partial charge in [-0.1, -0.05) is 6.07 Å². The average Bonchev–Trinajstić information content (AvgIpc) is 3.12. The molecule has 114 valence electrons. The molecule has 6 heteroatoms. The second kappa shape index (κ2) is 7.75. The minimum atomic E-state index is -0.462. The van der Waals surface area contributed by atoms with Gasteiger partial charge in [0.25, 0.3) is 0 Å². The quantitative estimate of drug-likeness (QED) is 0.882. The minimum absolute atomic E-state index is 0.274. The Morgan fingerprint density at radius 2 is 2.00 bits per heavy atom. The summed E-state index contributed by atoms with van der Waals surface area (Å²) in [4.78, 5) is 7.19. The van der Waals surface area contributed by atoms with Crippen molar-refractivity contribution in [2.45, 2.75) is 25.4 Å². The Morgan fingerprint density at radius 1 is 1.22 bits per heavy atom. The normalized spacial score (nSPS) is 12.6. The van der Waals surface area contributed by atoms with E-state index in [2.05, 4.69) is 16.0 Å². The molecule has 1 aromatic carbocycles. The molecular weight excluding hydrogens is 290 g/mol. The van der Waals surface area contributed by atoms with Crippen molar-refractivity contribution in [3.63, 3.8) is 0 Å². The van der Waals surface area contributed by atoms with Crippen molar-refractivity contribution < 1.29 is 4.74 Å². The van der Waals surface area contributed by atoms with E-state index in [4.69, 9.17) is 15.3 Å². The number of ether oxygens (including phenoxy) is 1. The Morgan fingerprint density at radius 3 is 2.57 bits per heavy atom. The molecule has 2 atom stereocenters. The maximum absolute atomic E-state index is 9.50. The van der Waals surface area contributed by atoms with E-state index in [-0.39, 0.29) is 11.7 Å². The fourth-order valence-corrected chi connectivity index (χ4v) is 2.36. The van der Waals surface area contributed by atoms with Gasteiger partial charge in [-0.3, -0.25) is 0 Å². The number of aromatic amines is 1. The Bertz CT molecular complexity index is 777. The van der Waals surface area contributed by atoms with Gasteiger partial charge in [-0.15, -0.1) is 0 Å². The summed E-state index contributed by atoms with van der Waals surface area (Å²) in [6, 6.07) is 11.1. The minimum Gasteiger partial charge on any atom is -0.371 e. The molecule has 6 nitrogen and oxygen atoms in total. The van der Waals surface area contributed by atoms with Gasteiger partial charge in [0, 0.05) is 25.4 Å². The van der Waals surface area contributed by atoms with Gasteiger partial charge < -0.3 is 9.72 Å². The molecule has 0 spiro atoms. The van der Waals surface area contributed by atoms with E-state index >= 15 is 0 Å². The zero-order chi connectivity index (χ0) is 16.7. The zero-order valence-corrected chi connectivity index (χ0v) is 12.7. The van der Waals surface area contributed by atoms with Crippen LogP contribution in [0.4, 0.5) is 0 Å². The lowest BCUT2D eigenvalue weighted by Gasteiger charge is -2.18. The van der Waals surface area contributed by atoms with Crippen molar-refractivity contribution in [3.8, 4) is 18.2 Å². The van der Waals surface area contributed by atoms with Crippen molar-refractivity contribution in [2.75, 3.05) is 6.61 Å². The van der Waals surface area contributed by atoms with Gasteiger partial charge in [0.05, 0.1) is 23.1 Å². The number of rotatable bonds is 6. The lowest BCUT2D eigenvalue weighted by atomic mass is 9.91. The lowest BCUT2D eigenvalue weighted by molar-refractivity contribution is 0.0484. The van der Waals surface area contributed by atoms with Crippen molar-refractivity contribution in [2.24, 2.45) is 0 Å². The third-order valence-electron chi connectivity index (χ3n) is 3.48. The molecule has 0 radical (unpaired) electrons. The van der Waals surface area contributed by atoms with Crippen LogP contribution >= 0.6 is 0 Å². The standard InChI is InChI=1S/C17H15N5O/c1-2-23-16(17-21-5-6-22-17)8-15(11-20)12-3-4-13(9-18)14(7-12)10-19/h3-7,15-16H,2,8H2,1H3,(H,21,22). The molecule has 0 amide bonds. The van der Waals surface area contributed by atoms with Crippen LogP contribution in [-0.2, 0) is 4.74 Å². The first kappa shape index (κ1) is 16.2. The molecule has 0 aliphatic carbocycles. The summed E-state index contributed by atoms with van der Waals surface area (Å²) in [7, 11) is 0. The van der Waals surface area contributed by atoms with Crippen molar-refractivity contribution in [1.29, 1.82) is 15.8 Å². The van der Waals surface area contributed by atoms with E-state index in [1.165, 1.54) is 0 Å². The SMILES string of the molecule is CCOC(CC(C#N)c1ccc(C#N)c(C#N)c1)c1ncc[nH]1. The molecule has 1 heterocycles. The Kier molecular flexibility index (Phi) is 5.47. The number of benzene rings is 1. The zero-order valence-electron chi connectivity index (χ0n) is 12.7. The number of imidazole rings is 1. The van der Waals surface area contributed by atoms with E-state index in [0.29, 0.717) is 30.0 Å². The van der Waals surface area contributed by atoms with Crippen molar-refractivity contribution in [3.05, 3.63) is 53.1 Å². The smallest absolute Gasteiger partial charge is 0.135 e. The summed E-state index contributed by atoms with van der Waals surface area (Å²) in [5.74, 6) is 0.206. The summed E-state index contributed by atoms with van der Waals surface area (Å²) in [5, 5.41) is 27.6. The molecule has 0 aliphatic heterocycles. The predicted octanol–water partition coefficient (Wildman–Crippen LogP) is 2.93. The van der Waals surface area contributed by atoms with Crippen LogP contribution in [0, 0.1) is 34.0 Å². The number of nitrogens with one attached hydrogen (secondary N) is 1.